The van der Waals surface area contributed by atoms with Gasteiger partial charge in [-0.15, -0.1) is 0 Å². The third kappa shape index (κ3) is 4.54. The van der Waals surface area contributed by atoms with Crippen LogP contribution in [0.4, 0.5) is 0 Å². The maximum Gasteiger partial charge on any atom is 0.295 e. The van der Waals surface area contributed by atoms with Crippen LogP contribution in [0.25, 0.3) is 11.4 Å². The number of para-hydroxylation sites is 1. The quantitative estimate of drug-likeness (QED) is 0.151. The molecular formula is C30H29N3O5. The normalized spacial score (nSPS) is 16.9. The number of likely N-dealkylation sites (tertiary alicyclic amines) is 1. The second-order valence-corrected chi connectivity index (χ2v) is 9.26. The van der Waals surface area contributed by atoms with Gasteiger partial charge in [-0.1, -0.05) is 36.4 Å². The summed E-state index contributed by atoms with van der Waals surface area (Å²) in [6, 6.07) is 19.6. The number of carbonyl (C=O) groups excluding carboxylic acids is 2. The van der Waals surface area contributed by atoms with Gasteiger partial charge < -0.3 is 23.9 Å². The van der Waals surface area contributed by atoms with Gasteiger partial charge in [0.15, 0.2) is 5.76 Å². The third-order valence-corrected chi connectivity index (χ3v) is 6.75. The van der Waals surface area contributed by atoms with Crippen molar-refractivity contribution >= 4 is 23.1 Å². The standard InChI is InChI=1S/C30H29N3O5/c1-19-10-8-15-32-20(2)25(31-29(19)32)27(34)24-26(33(16-9-17-37-3)30(36)28(24)35)21-11-7-14-23(18-21)38-22-12-5-4-6-13-22/h4-8,10-15,18,26,34H,9,16-17H2,1-3H3/b27-24+. The van der Waals surface area contributed by atoms with Crippen LogP contribution >= 0.6 is 0 Å². The summed E-state index contributed by atoms with van der Waals surface area (Å²) in [6.07, 6.45) is 2.39. The van der Waals surface area contributed by atoms with E-state index in [4.69, 9.17) is 9.47 Å². The molecule has 2 aromatic carbocycles. The number of imidazole rings is 1. The van der Waals surface area contributed by atoms with E-state index in [0.717, 1.165) is 5.56 Å². The number of aryl methyl sites for hydroxylation is 2. The zero-order valence-corrected chi connectivity index (χ0v) is 21.5. The van der Waals surface area contributed by atoms with Crippen molar-refractivity contribution < 1.29 is 24.2 Å². The highest BCUT2D eigenvalue weighted by Gasteiger charge is 2.46. The first-order chi connectivity index (χ1) is 18.4. The number of Topliss-reactive ketones (excluding diaryl/α,β-unsaturated/α-hetero) is 1. The number of hydrogen-bond donors (Lipinski definition) is 1. The van der Waals surface area contributed by atoms with Gasteiger partial charge in [-0.3, -0.25) is 9.59 Å². The number of pyridine rings is 1. The first-order valence-corrected chi connectivity index (χ1v) is 12.5. The maximum atomic E-state index is 13.4. The highest BCUT2D eigenvalue weighted by atomic mass is 16.5. The van der Waals surface area contributed by atoms with Crippen LogP contribution in [0, 0.1) is 13.8 Å². The average Bonchev–Trinajstić information content (AvgIpc) is 3.39. The van der Waals surface area contributed by atoms with Crippen molar-refractivity contribution in [2.24, 2.45) is 0 Å². The Bertz CT molecular complexity index is 1540. The number of ketones is 1. The summed E-state index contributed by atoms with van der Waals surface area (Å²) < 4.78 is 13.1. The van der Waals surface area contributed by atoms with E-state index in [2.05, 4.69) is 4.98 Å². The Kier molecular flexibility index (Phi) is 6.98. The number of carbonyl (C=O) groups is 2. The highest BCUT2D eigenvalue weighted by Crippen LogP contribution is 2.41. The summed E-state index contributed by atoms with van der Waals surface area (Å²) in [5.74, 6) is -0.491. The molecule has 1 aliphatic rings. The molecule has 1 fully saturated rings. The summed E-state index contributed by atoms with van der Waals surface area (Å²) in [7, 11) is 1.59. The molecule has 8 nitrogen and oxygen atoms in total. The van der Waals surface area contributed by atoms with Gasteiger partial charge in [0.2, 0.25) is 0 Å². The summed E-state index contributed by atoms with van der Waals surface area (Å²) in [5.41, 5.74) is 3.21. The number of aromatic nitrogens is 2. The molecule has 0 radical (unpaired) electrons. The first-order valence-electron chi connectivity index (χ1n) is 12.5. The van der Waals surface area contributed by atoms with Gasteiger partial charge in [0.25, 0.3) is 11.7 Å². The Morgan fingerprint density at radius 3 is 2.50 bits per heavy atom. The molecular weight excluding hydrogens is 482 g/mol. The first kappa shape index (κ1) is 25.2. The number of benzene rings is 2. The molecule has 1 aliphatic heterocycles. The van der Waals surface area contributed by atoms with Crippen molar-refractivity contribution in [1.82, 2.24) is 14.3 Å². The van der Waals surface area contributed by atoms with Crippen molar-refractivity contribution in [3.05, 3.63) is 101 Å². The molecule has 1 atom stereocenters. The van der Waals surface area contributed by atoms with Crippen LogP contribution in [0.5, 0.6) is 11.5 Å². The van der Waals surface area contributed by atoms with Crippen LogP contribution in [0.3, 0.4) is 0 Å². The van der Waals surface area contributed by atoms with Gasteiger partial charge in [-0.2, -0.15) is 0 Å². The van der Waals surface area contributed by atoms with Gasteiger partial charge in [0, 0.05) is 26.5 Å². The minimum atomic E-state index is -0.809. The Morgan fingerprint density at radius 2 is 1.76 bits per heavy atom. The predicted molar refractivity (Wildman–Crippen MR) is 143 cm³/mol. The maximum absolute atomic E-state index is 13.4. The smallest absolute Gasteiger partial charge is 0.295 e. The lowest BCUT2D eigenvalue weighted by Gasteiger charge is -2.25. The SMILES string of the molecule is COCCCN1C(=O)C(=O)/C(=C(/O)c2nc3c(C)cccn3c2C)C1c1cccc(Oc2ccccc2)c1. The molecule has 194 valence electrons. The fourth-order valence-electron chi connectivity index (χ4n) is 4.88. The Hall–Kier alpha value is -4.43. The molecule has 4 aromatic rings. The van der Waals surface area contributed by atoms with E-state index in [1.165, 1.54) is 4.90 Å². The minimum absolute atomic E-state index is 0.00781. The molecule has 0 spiro atoms. The molecule has 0 aliphatic carbocycles. The Labute approximate surface area is 220 Å². The van der Waals surface area contributed by atoms with Crippen LogP contribution in [0.15, 0.2) is 78.5 Å². The second kappa shape index (κ2) is 10.5. The second-order valence-electron chi connectivity index (χ2n) is 9.26. The van der Waals surface area contributed by atoms with Crippen LogP contribution in [0.2, 0.25) is 0 Å². The fourth-order valence-corrected chi connectivity index (χ4v) is 4.88. The Balaban J connectivity index is 1.63. The highest BCUT2D eigenvalue weighted by molar-refractivity contribution is 6.46. The molecule has 3 heterocycles. The lowest BCUT2D eigenvalue weighted by Crippen LogP contribution is -2.31. The lowest BCUT2D eigenvalue weighted by atomic mass is 9.96. The molecule has 1 saturated heterocycles. The van der Waals surface area contributed by atoms with Crippen molar-refractivity contribution in [3.63, 3.8) is 0 Å². The summed E-state index contributed by atoms with van der Waals surface area (Å²) in [5, 5.41) is 11.6. The number of nitrogens with zero attached hydrogens (tertiary/aromatic N) is 3. The van der Waals surface area contributed by atoms with E-state index in [0.29, 0.717) is 41.4 Å². The van der Waals surface area contributed by atoms with Crippen molar-refractivity contribution in [2.75, 3.05) is 20.3 Å². The number of hydrogen-bond acceptors (Lipinski definition) is 6. The number of aliphatic hydroxyl groups is 1. The molecule has 1 unspecified atom stereocenters. The third-order valence-electron chi connectivity index (χ3n) is 6.75. The monoisotopic (exact) mass is 511 g/mol. The van der Waals surface area contributed by atoms with Gasteiger partial charge in [-0.05, 0) is 61.7 Å². The van der Waals surface area contributed by atoms with Crippen molar-refractivity contribution in [1.29, 1.82) is 0 Å². The lowest BCUT2D eigenvalue weighted by molar-refractivity contribution is -0.140. The van der Waals surface area contributed by atoms with Gasteiger partial charge in [0.1, 0.15) is 22.8 Å². The number of aliphatic hydroxyl groups excluding tert-OH is 1. The average molecular weight is 512 g/mol. The molecule has 8 heteroatoms. The number of amides is 1. The topological polar surface area (TPSA) is 93.4 Å². The number of fused-ring (bicyclic) bond motifs is 1. The van der Waals surface area contributed by atoms with Crippen LogP contribution in [-0.4, -0.2) is 51.3 Å². The number of methoxy groups -OCH3 is 1. The molecule has 0 saturated carbocycles. The van der Waals surface area contributed by atoms with Crippen LogP contribution < -0.4 is 4.74 Å². The van der Waals surface area contributed by atoms with Crippen LogP contribution in [-0.2, 0) is 14.3 Å². The zero-order valence-electron chi connectivity index (χ0n) is 21.5. The van der Waals surface area contributed by atoms with Gasteiger partial charge in [-0.25, -0.2) is 4.98 Å². The fraction of sp³-hybridized carbons (Fsp3) is 0.233. The van der Waals surface area contributed by atoms with Crippen molar-refractivity contribution in [3.8, 4) is 11.5 Å². The molecule has 2 aromatic heterocycles. The number of rotatable bonds is 8. The minimum Gasteiger partial charge on any atom is -0.505 e. The van der Waals surface area contributed by atoms with E-state index in [1.54, 1.807) is 13.2 Å². The summed E-state index contributed by atoms with van der Waals surface area (Å²) in [4.78, 5) is 32.8. The van der Waals surface area contributed by atoms with E-state index >= 15 is 0 Å². The van der Waals surface area contributed by atoms with Gasteiger partial charge >= 0.3 is 0 Å². The Morgan fingerprint density at radius 1 is 1.00 bits per heavy atom. The van der Waals surface area contributed by atoms with Gasteiger partial charge in [0.05, 0.1) is 17.3 Å². The summed E-state index contributed by atoms with van der Waals surface area (Å²) in [6.45, 7) is 4.47. The van der Waals surface area contributed by atoms with E-state index in [-0.39, 0.29) is 23.6 Å². The largest absolute Gasteiger partial charge is 0.505 e. The van der Waals surface area contributed by atoms with Crippen molar-refractivity contribution in [2.45, 2.75) is 26.3 Å². The zero-order chi connectivity index (χ0) is 26.8. The molecule has 5 rings (SSSR count). The van der Waals surface area contributed by atoms with E-state index in [1.807, 2.05) is 85.1 Å². The number of ether oxygens (including phenoxy) is 2. The molecule has 0 bridgehead atoms. The molecule has 38 heavy (non-hydrogen) atoms. The predicted octanol–water partition coefficient (Wildman–Crippen LogP) is 5.20. The van der Waals surface area contributed by atoms with E-state index < -0.39 is 17.7 Å². The molecule has 1 N–H and O–H groups in total. The molecule has 1 amide bonds. The van der Waals surface area contributed by atoms with E-state index in [9.17, 15) is 14.7 Å². The van der Waals surface area contributed by atoms with Crippen LogP contribution in [0.1, 0.15) is 35.0 Å². The summed E-state index contributed by atoms with van der Waals surface area (Å²) >= 11 is 0.